The number of nitrogens with zero attached hydrogens (tertiary/aromatic N) is 3. The summed E-state index contributed by atoms with van der Waals surface area (Å²) in [6, 6.07) is 0.597. The van der Waals surface area contributed by atoms with Gasteiger partial charge in [-0.1, -0.05) is 0 Å². The molecule has 96 valence electrons. The summed E-state index contributed by atoms with van der Waals surface area (Å²) in [5.41, 5.74) is 1.11. The van der Waals surface area contributed by atoms with E-state index in [9.17, 15) is 0 Å². The number of hydrogen-bond acceptors (Lipinski definition) is 4. The molecule has 0 saturated carbocycles. The third-order valence-electron chi connectivity index (χ3n) is 3.23. The Balaban J connectivity index is 1.79. The number of nitrogens with one attached hydrogen (secondary N) is 1. The molecule has 1 aliphatic rings. The fraction of sp³-hybridized carbons (Fsp3) is 0.750. The summed E-state index contributed by atoms with van der Waals surface area (Å²) in [6.07, 6.45) is 5.34. The summed E-state index contributed by atoms with van der Waals surface area (Å²) in [5.74, 6) is 0. The second kappa shape index (κ2) is 6.14. The van der Waals surface area contributed by atoms with Crippen LogP contribution < -0.4 is 5.32 Å². The fourth-order valence-electron chi connectivity index (χ4n) is 2.22. The van der Waals surface area contributed by atoms with Crippen LogP contribution >= 0.6 is 0 Å². The van der Waals surface area contributed by atoms with Gasteiger partial charge in [0.1, 0.15) is 0 Å². The first-order chi connectivity index (χ1) is 8.29. The van der Waals surface area contributed by atoms with Gasteiger partial charge in [-0.05, 0) is 20.0 Å². The molecule has 0 aromatic carbocycles. The van der Waals surface area contributed by atoms with E-state index in [4.69, 9.17) is 4.74 Å². The Morgan fingerprint density at radius 2 is 2.47 bits per heavy atom. The van der Waals surface area contributed by atoms with Crippen molar-refractivity contribution in [2.24, 2.45) is 0 Å². The van der Waals surface area contributed by atoms with Crippen molar-refractivity contribution in [2.75, 3.05) is 40.4 Å². The maximum absolute atomic E-state index is 4.98. The third-order valence-corrected chi connectivity index (χ3v) is 3.23. The quantitative estimate of drug-likeness (QED) is 0.733. The van der Waals surface area contributed by atoms with Gasteiger partial charge in [-0.2, -0.15) is 0 Å². The zero-order chi connectivity index (χ0) is 12.1. The van der Waals surface area contributed by atoms with E-state index in [2.05, 4.69) is 33.0 Å². The molecule has 1 aliphatic heterocycles. The first-order valence-electron chi connectivity index (χ1n) is 6.20. The average Bonchev–Trinajstić information content (AvgIpc) is 2.93. The van der Waals surface area contributed by atoms with Gasteiger partial charge in [0.2, 0.25) is 0 Å². The molecular weight excluding hydrogens is 216 g/mol. The molecule has 1 aromatic rings. The van der Waals surface area contributed by atoms with Crippen molar-refractivity contribution in [1.29, 1.82) is 0 Å². The lowest BCUT2D eigenvalue weighted by Crippen LogP contribution is -2.18. The number of likely N-dealkylation sites (N-methyl/N-ethyl adjacent to an activating group) is 1. The van der Waals surface area contributed by atoms with E-state index in [1.807, 2.05) is 6.33 Å². The SMILES string of the molecule is COCCNCc1cn(C2CCN(C)C2)cn1. The van der Waals surface area contributed by atoms with Crippen LogP contribution in [-0.2, 0) is 11.3 Å². The second-order valence-electron chi connectivity index (χ2n) is 4.69. The Hall–Kier alpha value is -0.910. The molecule has 1 fully saturated rings. The first-order valence-corrected chi connectivity index (χ1v) is 6.20. The summed E-state index contributed by atoms with van der Waals surface area (Å²) in [4.78, 5) is 6.79. The lowest BCUT2D eigenvalue weighted by atomic mass is 10.2. The van der Waals surface area contributed by atoms with Gasteiger partial charge in [0.05, 0.1) is 18.6 Å². The van der Waals surface area contributed by atoms with Crippen molar-refractivity contribution in [3.8, 4) is 0 Å². The minimum Gasteiger partial charge on any atom is -0.383 e. The van der Waals surface area contributed by atoms with Crippen LogP contribution in [0.15, 0.2) is 12.5 Å². The van der Waals surface area contributed by atoms with Gasteiger partial charge in [0.15, 0.2) is 0 Å². The van der Waals surface area contributed by atoms with E-state index in [0.29, 0.717) is 6.04 Å². The number of hydrogen-bond donors (Lipinski definition) is 1. The second-order valence-corrected chi connectivity index (χ2v) is 4.69. The highest BCUT2D eigenvalue weighted by molar-refractivity contribution is 4.99. The highest BCUT2D eigenvalue weighted by atomic mass is 16.5. The molecule has 1 aromatic heterocycles. The van der Waals surface area contributed by atoms with Gasteiger partial charge in [0.25, 0.3) is 0 Å². The molecule has 1 saturated heterocycles. The summed E-state index contributed by atoms with van der Waals surface area (Å²) < 4.78 is 7.23. The maximum atomic E-state index is 4.98. The largest absolute Gasteiger partial charge is 0.383 e. The van der Waals surface area contributed by atoms with Gasteiger partial charge >= 0.3 is 0 Å². The molecule has 5 nitrogen and oxygen atoms in total. The normalized spacial score (nSPS) is 21.2. The van der Waals surface area contributed by atoms with E-state index in [-0.39, 0.29) is 0 Å². The summed E-state index contributed by atoms with van der Waals surface area (Å²) >= 11 is 0. The van der Waals surface area contributed by atoms with E-state index in [1.54, 1.807) is 7.11 Å². The van der Waals surface area contributed by atoms with Gasteiger partial charge < -0.3 is 19.5 Å². The van der Waals surface area contributed by atoms with Crippen molar-refractivity contribution in [3.05, 3.63) is 18.2 Å². The number of aromatic nitrogens is 2. The molecule has 0 bridgehead atoms. The Morgan fingerprint density at radius 1 is 1.59 bits per heavy atom. The van der Waals surface area contributed by atoms with Crippen LogP contribution in [0, 0.1) is 0 Å². The van der Waals surface area contributed by atoms with Crippen LogP contribution in [0.3, 0.4) is 0 Å². The number of likely N-dealkylation sites (tertiary alicyclic amines) is 1. The van der Waals surface area contributed by atoms with Gasteiger partial charge in [-0.25, -0.2) is 4.98 Å². The molecule has 0 aliphatic carbocycles. The lowest BCUT2D eigenvalue weighted by molar-refractivity contribution is 0.199. The molecule has 0 spiro atoms. The molecule has 1 N–H and O–H groups in total. The Labute approximate surface area is 103 Å². The Bertz CT molecular complexity index is 339. The zero-order valence-electron chi connectivity index (χ0n) is 10.7. The average molecular weight is 238 g/mol. The highest BCUT2D eigenvalue weighted by Crippen LogP contribution is 2.19. The predicted molar refractivity (Wildman–Crippen MR) is 67.0 cm³/mol. The van der Waals surface area contributed by atoms with Crippen LogP contribution in [0.5, 0.6) is 0 Å². The van der Waals surface area contributed by atoms with E-state index >= 15 is 0 Å². The van der Waals surface area contributed by atoms with Crippen molar-refractivity contribution in [1.82, 2.24) is 19.8 Å². The summed E-state index contributed by atoms with van der Waals surface area (Å²) in [7, 11) is 3.89. The van der Waals surface area contributed by atoms with Crippen molar-refractivity contribution in [3.63, 3.8) is 0 Å². The predicted octanol–water partition coefficient (Wildman–Crippen LogP) is 0.496. The first kappa shape index (κ1) is 12.5. The van der Waals surface area contributed by atoms with Gasteiger partial charge in [0, 0.05) is 39.0 Å². The summed E-state index contributed by atoms with van der Waals surface area (Å²) in [5, 5.41) is 3.30. The zero-order valence-corrected chi connectivity index (χ0v) is 10.7. The molecule has 2 heterocycles. The molecule has 5 heteroatoms. The van der Waals surface area contributed by atoms with Crippen LogP contribution in [0.1, 0.15) is 18.2 Å². The molecule has 0 radical (unpaired) electrons. The standard InChI is InChI=1S/C12H22N4O/c1-15-5-3-12(9-15)16-8-11(14-10-16)7-13-4-6-17-2/h8,10,12-13H,3-7,9H2,1-2H3. The summed E-state index contributed by atoms with van der Waals surface area (Å²) in [6.45, 7) is 4.75. The molecular formula is C12H22N4O. The minimum atomic E-state index is 0.597. The van der Waals surface area contributed by atoms with Crippen LogP contribution in [-0.4, -0.2) is 54.8 Å². The van der Waals surface area contributed by atoms with E-state index in [1.165, 1.54) is 13.0 Å². The minimum absolute atomic E-state index is 0.597. The number of rotatable bonds is 6. The Morgan fingerprint density at radius 3 is 3.18 bits per heavy atom. The van der Waals surface area contributed by atoms with Crippen molar-refractivity contribution in [2.45, 2.75) is 19.0 Å². The maximum Gasteiger partial charge on any atom is 0.0953 e. The van der Waals surface area contributed by atoms with E-state index < -0.39 is 0 Å². The van der Waals surface area contributed by atoms with Crippen LogP contribution in [0.25, 0.3) is 0 Å². The van der Waals surface area contributed by atoms with Crippen LogP contribution in [0.4, 0.5) is 0 Å². The van der Waals surface area contributed by atoms with Crippen LogP contribution in [0.2, 0.25) is 0 Å². The van der Waals surface area contributed by atoms with E-state index in [0.717, 1.165) is 31.9 Å². The fourth-order valence-corrected chi connectivity index (χ4v) is 2.22. The van der Waals surface area contributed by atoms with Gasteiger partial charge in [-0.15, -0.1) is 0 Å². The third kappa shape index (κ3) is 3.52. The topological polar surface area (TPSA) is 42.3 Å². The molecule has 1 atom stereocenters. The monoisotopic (exact) mass is 238 g/mol. The molecule has 2 rings (SSSR count). The number of methoxy groups -OCH3 is 1. The van der Waals surface area contributed by atoms with Gasteiger partial charge in [-0.3, -0.25) is 0 Å². The van der Waals surface area contributed by atoms with Crippen molar-refractivity contribution < 1.29 is 4.74 Å². The van der Waals surface area contributed by atoms with Crippen molar-refractivity contribution >= 4 is 0 Å². The molecule has 1 unspecified atom stereocenters. The molecule has 0 amide bonds. The molecule has 17 heavy (non-hydrogen) atoms. The highest BCUT2D eigenvalue weighted by Gasteiger charge is 2.20. The Kier molecular flexibility index (Phi) is 4.53. The number of imidazole rings is 1. The lowest BCUT2D eigenvalue weighted by Gasteiger charge is -2.11. The number of ether oxygens (including phenoxy) is 1. The smallest absolute Gasteiger partial charge is 0.0953 e.